The summed E-state index contributed by atoms with van der Waals surface area (Å²) in [5.41, 5.74) is -4.40. The zero-order valence-electron chi connectivity index (χ0n) is 45.8. The van der Waals surface area contributed by atoms with Gasteiger partial charge in [-0.1, -0.05) is 74.5 Å². The smallest absolute Gasteiger partial charge is 0.416 e. The fraction of sp³-hybridized carbons (Fsp3) is 0.441. The highest BCUT2D eigenvalue weighted by atomic mass is 79.9. The molecule has 10 nitrogen and oxygen atoms in total. The molecule has 0 bridgehead atoms. The number of ether oxygens (including phenoxy) is 1. The number of carbonyl (C=O) groups excluding carboxylic acids is 1. The largest absolute Gasteiger partial charge is 0.444 e. The molecule has 0 unspecified atom stereocenters. The third kappa shape index (κ3) is 18.2. The molecule has 4 heterocycles. The second-order valence-corrected chi connectivity index (χ2v) is 23.5. The van der Waals surface area contributed by atoms with Crippen LogP contribution in [0.25, 0.3) is 0 Å². The third-order valence-electron chi connectivity index (χ3n) is 14.3. The lowest BCUT2D eigenvalue weighted by Gasteiger charge is -2.48. The number of hydrogen-bond donors (Lipinski definition) is 1. The van der Waals surface area contributed by atoms with Gasteiger partial charge >= 0.3 is 30.8 Å². The molecule has 6 aromatic rings. The maximum Gasteiger partial charge on any atom is 0.416 e. The first-order valence-corrected chi connectivity index (χ1v) is 28.4. The van der Waals surface area contributed by atoms with Crippen LogP contribution < -0.4 is 15.1 Å². The van der Waals surface area contributed by atoms with E-state index in [1.165, 1.54) is 24.8 Å². The van der Waals surface area contributed by atoms with Crippen LogP contribution in [0.4, 0.5) is 69.4 Å². The van der Waals surface area contributed by atoms with Crippen LogP contribution in [0.15, 0.2) is 131 Å². The Morgan fingerprint density at radius 2 is 0.904 bits per heavy atom. The monoisotopic (exact) mass is 1300 g/mol. The normalized spacial score (nSPS) is 19.8. The van der Waals surface area contributed by atoms with Gasteiger partial charge < -0.3 is 24.8 Å². The van der Waals surface area contributed by atoms with Crippen molar-refractivity contribution in [3.63, 3.8) is 0 Å². The topological polar surface area (TPSA) is 99.6 Å². The molecule has 448 valence electrons. The summed E-state index contributed by atoms with van der Waals surface area (Å²) >= 11 is 6.57. The Labute approximate surface area is 490 Å². The Balaban J connectivity index is 0.000000242. The second-order valence-electron chi connectivity index (χ2n) is 21.7. The first kappa shape index (κ1) is 64.5. The molecule has 0 saturated carbocycles. The molecule has 6 atom stereocenters. The van der Waals surface area contributed by atoms with Gasteiger partial charge in [0.2, 0.25) is 11.9 Å². The number of nitrogens with zero attached hydrogens (tertiary/aromatic N) is 7. The van der Waals surface area contributed by atoms with Crippen molar-refractivity contribution in [3.05, 3.63) is 175 Å². The number of benzene rings is 4. The van der Waals surface area contributed by atoms with Crippen molar-refractivity contribution in [2.45, 2.75) is 166 Å². The number of anilines is 2. The molecule has 4 aromatic carbocycles. The van der Waals surface area contributed by atoms with Gasteiger partial charge in [0.1, 0.15) is 5.60 Å². The number of piperidine rings is 2. The molecule has 24 heteroatoms. The summed E-state index contributed by atoms with van der Waals surface area (Å²) in [5.74, 6) is 0.396. The Bertz CT molecular complexity index is 2990. The second kappa shape index (κ2) is 26.9. The molecule has 2 fully saturated rings. The van der Waals surface area contributed by atoms with Gasteiger partial charge in [0.15, 0.2) is 0 Å². The fourth-order valence-electron chi connectivity index (χ4n) is 10.6. The van der Waals surface area contributed by atoms with E-state index in [4.69, 9.17) is 4.74 Å². The molecule has 1 N–H and O–H groups in total. The fourth-order valence-corrected chi connectivity index (χ4v) is 11.0. The Hall–Kier alpha value is -6.01. The first-order valence-electron chi connectivity index (χ1n) is 26.8. The molecule has 2 aromatic heterocycles. The number of carbonyl (C=O) groups is 1. The average Bonchev–Trinajstić information content (AvgIpc) is 3.56. The van der Waals surface area contributed by atoms with E-state index in [0.29, 0.717) is 47.5 Å². The number of halogens is 14. The van der Waals surface area contributed by atoms with Gasteiger partial charge in [0.05, 0.1) is 31.2 Å². The summed E-state index contributed by atoms with van der Waals surface area (Å²) < 4.78 is 171. The van der Waals surface area contributed by atoms with Crippen molar-refractivity contribution in [3.8, 4) is 0 Å². The molecule has 0 aliphatic carbocycles. The molecule has 2 aliphatic heterocycles. The van der Waals surface area contributed by atoms with E-state index >= 15 is 0 Å². The highest BCUT2D eigenvalue weighted by molar-refractivity contribution is 9.10. The van der Waals surface area contributed by atoms with Crippen molar-refractivity contribution in [1.29, 1.82) is 0 Å². The van der Waals surface area contributed by atoms with E-state index in [-0.39, 0.29) is 72.4 Å². The van der Waals surface area contributed by atoms with Crippen LogP contribution in [0, 0.1) is 0 Å². The third-order valence-corrected chi connectivity index (χ3v) is 15.1. The van der Waals surface area contributed by atoms with Crippen LogP contribution in [0.3, 0.4) is 0 Å². The number of nitrogens with one attached hydrogen (secondary N) is 1. The summed E-state index contributed by atoms with van der Waals surface area (Å²) in [6.07, 6.45) is -9.78. The van der Waals surface area contributed by atoms with Crippen LogP contribution in [-0.4, -0.2) is 72.8 Å². The molecule has 0 spiro atoms. The predicted molar refractivity (Wildman–Crippen MR) is 298 cm³/mol. The first-order chi connectivity index (χ1) is 38.9. The molecule has 83 heavy (non-hydrogen) atoms. The predicted octanol–water partition coefficient (Wildman–Crippen LogP) is 16.5. The minimum atomic E-state index is -4.98. The quantitative estimate of drug-likeness (QED) is 0.107. The summed E-state index contributed by atoms with van der Waals surface area (Å²) in [5, 5.41) is 3.65. The molecule has 0 radical (unpaired) electrons. The van der Waals surface area contributed by atoms with Crippen molar-refractivity contribution >= 4 is 49.8 Å². The zero-order valence-corrected chi connectivity index (χ0v) is 49.0. The van der Waals surface area contributed by atoms with Gasteiger partial charge in [-0.3, -0.25) is 0 Å². The van der Waals surface area contributed by atoms with E-state index in [1.54, 1.807) is 35.5 Å². The molecular formula is C59H62Br2F12N8O2. The summed E-state index contributed by atoms with van der Waals surface area (Å²) in [6, 6.07) is 21.5. The van der Waals surface area contributed by atoms with Crippen LogP contribution >= 0.6 is 31.9 Å². The van der Waals surface area contributed by atoms with Crippen molar-refractivity contribution < 1.29 is 62.2 Å². The molecular weight excluding hydrogens is 1240 g/mol. The standard InChI is InChI=1S/C32H35BrF6N4O2.C27H27BrF6N4/c1-5-25-15-26(16-27(13-20-9-7-6-8-10-20)43(25)29(44)45-30(2,3)4)42(28-40-17-24(33)18-41-28)19-21-11-22(31(34,35)36)14-23(12-21)32(37,38)39;1-2-22-12-24(13-23(37-22)10-17-6-4-3-5-7-17)38(25-35-14-21(28)15-36-25)16-18-8-19(26(29,30)31)11-20(9-18)27(32,33)34/h6-12,14,17-18,25-27H,5,13,15-16,19H2,1-4H3;3-9,11,14-15,22-24,37H,2,10,12-13,16H2,1H3/t25-,26+,27+;22-,23+,24+/m11/s1. The Kier molecular flexibility index (Phi) is 20.9. The van der Waals surface area contributed by atoms with E-state index in [1.807, 2.05) is 74.5 Å². The van der Waals surface area contributed by atoms with Crippen molar-refractivity contribution in [2.75, 3.05) is 9.80 Å². The van der Waals surface area contributed by atoms with Crippen molar-refractivity contribution in [1.82, 2.24) is 30.2 Å². The number of rotatable bonds is 14. The molecule has 2 aliphatic rings. The maximum absolute atomic E-state index is 13.7. The highest BCUT2D eigenvalue weighted by Gasteiger charge is 2.44. The van der Waals surface area contributed by atoms with Gasteiger partial charge in [-0.15, -0.1) is 0 Å². The number of alkyl halides is 12. The molecule has 1 amide bonds. The number of likely N-dealkylation sites (tertiary alicyclic amines) is 1. The van der Waals surface area contributed by atoms with E-state index in [0.717, 1.165) is 48.2 Å². The van der Waals surface area contributed by atoms with Gasteiger partial charge in [-0.05, 0) is 163 Å². The lowest BCUT2D eigenvalue weighted by Crippen LogP contribution is -2.58. The minimum absolute atomic E-state index is 0.0614. The van der Waals surface area contributed by atoms with Gasteiger partial charge in [-0.25, -0.2) is 24.7 Å². The number of hydrogen-bond acceptors (Lipinski definition) is 9. The van der Waals surface area contributed by atoms with Crippen LogP contribution in [0.1, 0.15) is 118 Å². The van der Waals surface area contributed by atoms with Gasteiger partial charge in [0, 0.05) is 74.1 Å². The molecule has 8 rings (SSSR count). The minimum Gasteiger partial charge on any atom is -0.444 e. The SMILES string of the molecule is CC[C@@H]1C[C@H](N(Cc2cc(C(F)(F)F)cc(C(F)(F)F)c2)c2ncc(Br)cn2)C[C@H](Cc2ccccc2)N1.CC[C@@H]1C[C@H](N(Cc2cc(C(F)(F)F)cc(C(F)(F)F)c2)c2ncc(Br)cn2)C[C@H](Cc2ccccc2)N1C(=O)OC(C)(C)C. The average molecular weight is 1300 g/mol. The van der Waals surface area contributed by atoms with Gasteiger partial charge in [0.25, 0.3) is 0 Å². The Morgan fingerprint density at radius 1 is 0.530 bits per heavy atom. The summed E-state index contributed by atoms with van der Waals surface area (Å²) in [7, 11) is 0. The van der Waals surface area contributed by atoms with Crippen LogP contribution in [-0.2, 0) is 55.4 Å². The van der Waals surface area contributed by atoms with Gasteiger partial charge in [-0.2, -0.15) is 52.7 Å². The highest BCUT2D eigenvalue weighted by Crippen LogP contribution is 2.41. The summed E-state index contributed by atoms with van der Waals surface area (Å²) in [6.45, 7) is 8.79. The van der Waals surface area contributed by atoms with E-state index in [9.17, 15) is 57.5 Å². The summed E-state index contributed by atoms with van der Waals surface area (Å²) in [4.78, 5) is 36.2. The lowest BCUT2D eigenvalue weighted by atomic mass is 9.86. The van der Waals surface area contributed by atoms with Crippen molar-refractivity contribution in [2.24, 2.45) is 0 Å². The zero-order chi connectivity index (χ0) is 60.7. The van der Waals surface area contributed by atoms with E-state index in [2.05, 4.69) is 57.1 Å². The Morgan fingerprint density at radius 3 is 1.28 bits per heavy atom. The maximum atomic E-state index is 13.7. The van der Waals surface area contributed by atoms with Crippen LogP contribution in [0.2, 0.25) is 0 Å². The number of amides is 1. The van der Waals surface area contributed by atoms with E-state index < -0.39 is 70.7 Å². The van der Waals surface area contributed by atoms with Crippen LogP contribution in [0.5, 0.6) is 0 Å². The number of aromatic nitrogens is 4. The lowest BCUT2D eigenvalue weighted by molar-refractivity contribution is -0.144. The molecule has 2 saturated heterocycles.